The van der Waals surface area contributed by atoms with E-state index in [0.717, 1.165) is 0 Å². The lowest BCUT2D eigenvalue weighted by molar-refractivity contribution is 0.369. The van der Waals surface area contributed by atoms with E-state index in [1.165, 1.54) is 0 Å². The minimum Gasteiger partial charge on any atom is -0.391 e. The Hall–Kier alpha value is -0.410. The smallest absolute Gasteiger partial charge is 0.0718 e. The van der Waals surface area contributed by atoms with Gasteiger partial charge in [0.05, 0.1) is 18.5 Å². The van der Waals surface area contributed by atoms with E-state index in [0.29, 0.717) is 25.2 Å². The van der Waals surface area contributed by atoms with Crippen LogP contribution in [0.4, 0.5) is 0 Å². The fourth-order valence-corrected chi connectivity index (χ4v) is 2.83. The van der Waals surface area contributed by atoms with Gasteiger partial charge in [0.25, 0.3) is 0 Å². The predicted molar refractivity (Wildman–Crippen MR) is 51.6 cm³/mol. The lowest BCUT2D eigenvalue weighted by atomic mass is 10.5. The molecule has 3 nitrogen and oxygen atoms in total. The van der Waals surface area contributed by atoms with Crippen molar-refractivity contribution in [1.82, 2.24) is 0 Å². The molecule has 0 heterocycles. The topological polar surface area (TPSA) is 67.8 Å². The molecule has 0 aliphatic heterocycles. The van der Waals surface area contributed by atoms with E-state index < -0.39 is 6.04 Å². The van der Waals surface area contributed by atoms with E-state index in [-0.39, 0.29) is 6.35 Å². The lowest BCUT2D eigenvalue weighted by Gasteiger charge is -2.15. The zero-order valence-corrected chi connectivity index (χ0v) is 8.44. The molecule has 0 atom stereocenters. The third kappa shape index (κ3) is 4.46. The van der Waals surface area contributed by atoms with Crippen LogP contribution in [0.15, 0.2) is 0 Å². The van der Waals surface area contributed by atoms with Crippen LogP contribution in [0.5, 0.6) is 0 Å². The SMILES string of the molecule is N#CCCP(=S)(CO)CCC#N. The van der Waals surface area contributed by atoms with E-state index in [2.05, 4.69) is 0 Å². The summed E-state index contributed by atoms with van der Waals surface area (Å²) in [5.74, 6) is 0. The van der Waals surface area contributed by atoms with Crippen LogP contribution in [-0.2, 0) is 11.8 Å². The summed E-state index contributed by atoms with van der Waals surface area (Å²) < 4.78 is 0. The van der Waals surface area contributed by atoms with Crippen LogP contribution in [0, 0.1) is 22.7 Å². The summed E-state index contributed by atoms with van der Waals surface area (Å²) in [5.41, 5.74) is 0. The van der Waals surface area contributed by atoms with E-state index in [4.69, 9.17) is 27.4 Å². The minimum atomic E-state index is -1.79. The molecular weight excluding hydrogens is 191 g/mol. The number of hydrogen-bond acceptors (Lipinski definition) is 4. The molecule has 0 aromatic carbocycles. The summed E-state index contributed by atoms with van der Waals surface area (Å²) in [6.45, 7) is 0. The molecule has 66 valence electrons. The zero-order valence-electron chi connectivity index (χ0n) is 6.73. The summed E-state index contributed by atoms with van der Waals surface area (Å²) in [6, 6.07) is 2.21. The molecule has 0 fully saturated rings. The zero-order chi connectivity index (χ0) is 9.45. The van der Waals surface area contributed by atoms with E-state index in [1.807, 2.05) is 12.1 Å². The van der Waals surface area contributed by atoms with Crippen molar-refractivity contribution in [3.8, 4) is 12.1 Å². The summed E-state index contributed by atoms with van der Waals surface area (Å²) in [5, 5.41) is 25.6. The maximum atomic E-state index is 8.96. The van der Waals surface area contributed by atoms with Gasteiger partial charge >= 0.3 is 0 Å². The van der Waals surface area contributed by atoms with Gasteiger partial charge in [-0.3, -0.25) is 0 Å². The van der Waals surface area contributed by atoms with Gasteiger partial charge in [0, 0.05) is 12.8 Å². The number of aliphatic hydroxyl groups excluding tert-OH is 1. The first-order valence-corrected chi connectivity index (χ1v) is 6.96. The number of rotatable bonds is 5. The first kappa shape index (κ1) is 11.6. The van der Waals surface area contributed by atoms with Crippen LogP contribution in [0.25, 0.3) is 0 Å². The maximum Gasteiger partial charge on any atom is 0.0718 e. The van der Waals surface area contributed by atoms with Crippen LogP contribution in [-0.4, -0.2) is 23.8 Å². The van der Waals surface area contributed by atoms with Gasteiger partial charge in [0.1, 0.15) is 0 Å². The van der Waals surface area contributed by atoms with Gasteiger partial charge in [-0.1, -0.05) is 11.8 Å². The molecule has 0 rings (SSSR count). The highest BCUT2D eigenvalue weighted by molar-refractivity contribution is 8.14. The highest BCUT2D eigenvalue weighted by Gasteiger charge is 2.14. The summed E-state index contributed by atoms with van der Waals surface area (Å²) >= 11 is 5.19. The summed E-state index contributed by atoms with van der Waals surface area (Å²) in [4.78, 5) is 0. The molecule has 0 aliphatic carbocycles. The van der Waals surface area contributed by atoms with Gasteiger partial charge in [-0.15, -0.1) is 0 Å². The second kappa shape index (κ2) is 6.14. The summed E-state index contributed by atoms with van der Waals surface area (Å²) in [7, 11) is 0. The molecule has 0 aromatic heterocycles. The Labute approximate surface area is 77.6 Å². The number of nitrogens with zero attached hydrogens (tertiary/aromatic N) is 2. The summed E-state index contributed by atoms with van der Waals surface area (Å²) in [6.07, 6.45) is 1.95. The van der Waals surface area contributed by atoms with Crippen molar-refractivity contribution >= 4 is 17.8 Å². The van der Waals surface area contributed by atoms with Crippen LogP contribution in [0.1, 0.15) is 12.8 Å². The molecule has 0 aliphatic rings. The quantitative estimate of drug-likeness (QED) is 0.681. The molecule has 0 bridgehead atoms. The van der Waals surface area contributed by atoms with Crippen molar-refractivity contribution in [1.29, 1.82) is 10.5 Å². The van der Waals surface area contributed by atoms with Gasteiger partial charge in [0.15, 0.2) is 0 Å². The molecule has 0 aromatic rings. The van der Waals surface area contributed by atoms with Crippen LogP contribution in [0.3, 0.4) is 0 Å². The molecule has 0 radical (unpaired) electrons. The average molecular weight is 202 g/mol. The molecule has 0 spiro atoms. The van der Waals surface area contributed by atoms with Crippen molar-refractivity contribution in [2.75, 3.05) is 18.7 Å². The second-order valence-electron chi connectivity index (χ2n) is 2.46. The van der Waals surface area contributed by atoms with Crippen molar-refractivity contribution in [2.45, 2.75) is 12.8 Å². The van der Waals surface area contributed by atoms with Gasteiger partial charge < -0.3 is 5.11 Å². The fourth-order valence-electron chi connectivity index (χ4n) is 0.761. The maximum absolute atomic E-state index is 8.96. The number of nitriles is 2. The van der Waals surface area contributed by atoms with Gasteiger partial charge in [-0.25, -0.2) is 0 Å². The monoisotopic (exact) mass is 202 g/mol. The third-order valence-electron chi connectivity index (χ3n) is 1.52. The Morgan fingerprint density at radius 1 is 1.17 bits per heavy atom. The number of aliphatic hydroxyl groups is 1. The Morgan fingerprint density at radius 3 is 1.83 bits per heavy atom. The second-order valence-corrected chi connectivity index (χ2v) is 8.08. The Kier molecular flexibility index (Phi) is 5.93. The molecule has 0 saturated carbocycles. The first-order valence-electron chi connectivity index (χ1n) is 3.60. The molecule has 0 saturated heterocycles. The third-order valence-corrected chi connectivity index (χ3v) is 5.55. The van der Waals surface area contributed by atoms with Crippen molar-refractivity contribution in [3.63, 3.8) is 0 Å². The fraction of sp³-hybridized carbons (Fsp3) is 0.714. The molecule has 5 heteroatoms. The minimum absolute atomic E-state index is 0.0221. The predicted octanol–water partition coefficient (Wildman–Crippen LogP) is 1.24. The molecule has 0 amide bonds. The standard InChI is InChI=1S/C7H11N2OPS/c8-3-1-5-11(12,7-10)6-2-4-9/h10H,1-2,5-7H2. The van der Waals surface area contributed by atoms with Crippen LogP contribution >= 0.6 is 6.04 Å². The van der Waals surface area contributed by atoms with Gasteiger partial charge in [-0.05, 0) is 18.4 Å². The van der Waals surface area contributed by atoms with Crippen molar-refractivity contribution in [2.24, 2.45) is 0 Å². The average Bonchev–Trinajstić information content (AvgIpc) is 2.11. The van der Waals surface area contributed by atoms with Gasteiger partial charge in [0.2, 0.25) is 0 Å². The Bertz CT molecular complexity index is 231. The molecular formula is C7H11N2OPS. The molecule has 0 unspecified atom stereocenters. The Morgan fingerprint density at radius 2 is 1.58 bits per heavy atom. The van der Waals surface area contributed by atoms with Crippen LogP contribution < -0.4 is 0 Å². The van der Waals surface area contributed by atoms with Crippen molar-refractivity contribution < 1.29 is 5.11 Å². The molecule has 12 heavy (non-hydrogen) atoms. The highest BCUT2D eigenvalue weighted by Crippen LogP contribution is 2.45. The molecule has 1 N–H and O–H groups in total. The number of hydrogen-bond donors (Lipinski definition) is 1. The normalized spacial score (nSPS) is 10.2. The highest BCUT2D eigenvalue weighted by atomic mass is 32.4. The largest absolute Gasteiger partial charge is 0.391 e. The Balaban J connectivity index is 4.00. The van der Waals surface area contributed by atoms with E-state index in [9.17, 15) is 0 Å². The first-order chi connectivity index (χ1) is 5.68. The van der Waals surface area contributed by atoms with Crippen LogP contribution in [0.2, 0.25) is 0 Å². The lowest BCUT2D eigenvalue weighted by Crippen LogP contribution is -1.98. The van der Waals surface area contributed by atoms with Crippen molar-refractivity contribution in [3.05, 3.63) is 0 Å². The van der Waals surface area contributed by atoms with E-state index >= 15 is 0 Å². The van der Waals surface area contributed by atoms with E-state index in [1.54, 1.807) is 0 Å². The van der Waals surface area contributed by atoms with Gasteiger partial charge in [-0.2, -0.15) is 10.5 Å².